The van der Waals surface area contributed by atoms with Crippen molar-refractivity contribution in [1.29, 1.82) is 0 Å². The van der Waals surface area contributed by atoms with Crippen LogP contribution in [0.25, 0.3) is 10.1 Å². The van der Waals surface area contributed by atoms with E-state index in [0.717, 1.165) is 29.3 Å². The highest BCUT2D eigenvalue weighted by Crippen LogP contribution is 2.30. The van der Waals surface area contributed by atoms with Crippen molar-refractivity contribution in [2.24, 2.45) is 0 Å². The van der Waals surface area contributed by atoms with E-state index in [-0.39, 0.29) is 30.1 Å². The predicted molar refractivity (Wildman–Crippen MR) is 125 cm³/mol. The summed E-state index contributed by atoms with van der Waals surface area (Å²) in [7, 11) is 0. The van der Waals surface area contributed by atoms with Crippen molar-refractivity contribution in [2.45, 2.75) is 39.0 Å². The Hall–Kier alpha value is -2.59. The SMILES string of the molecule is CC(C)(C)c1nnc(NC(=O)CCC(=O)N2CCN(c3nsc4ccccc34)CC2)s1. The lowest BCUT2D eigenvalue weighted by atomic mass is 9.98. The molecule has 0 bridgehead atoms. The molecule has 0 spiro atoms. The van der Waals surface area contributed by atoms with Crippen molar-refractivity contribution >= 4 is 55.7 Å². The number of hydrogen-bond donors (Lipinski definition) is 1. The van der Waals surface area contributed by atoms with Crippen molar-refractivity contribution in [3.8, 4) is 0 Å². The summed E-state index contributed by atoms with van der Waals surface area (Å²) < 4.78 is 5.78. The molecule has 3 heterocycles. The van der Waals surface area contributed by atoms with Crippen LogP contribution in [-0.4, -0.2) is 57.5 Å². The maximum Gasteiger partial charge on any atom is 0.226 e. The van der Waals surface area contributed by atoms with Gasteiger partial charge in [0.2, 0.25) is 16.9 Å². The summed E-state index contributed by atoms with van der Waals surface area (Å²) in [6, 6.07) is 8.21. The summed E-state index contributed by atoms with van der Waals surface area (Å²) in [4.78, 5) is 28.9. The molecular weight excluding hydrogens is 432 g/mol. The molecule has 1 saturated heterocycles. The van der Waals surface area contributed by atoms with Gasteiger partial charge in [0.05, 0.1) is 4.70 Å². The molecule has 0 radical (unpaired) electrons. The highest BCUT2D eigenvalue weighted by molar-refractivity contribution is 7.15. The van der Waals surface area contributed by atoms with Crippen molar-refractivity contribution < 1.29 is 9.59 Å². The highest BCUT2D eigenvalue weighted by atomic mass is 32.1. The Morgan fingerprint density at radius 2 is 1.81 bits per heavy atom. The minimum Gasteiger partial charge on any atom is -0.352 e. The summed E-state index contributed by atoms with van der Waals surface area (Å²) in [6.07, 6.45) is 0.330. The number of amides is 2. The molecule has 0 aliphatic carbocycles. The Bertz CT molecular complexity index is 1080. The van der Waals surface area contributed by atoms with E-state index in [0.29, 0.717) is 18.2 Å². The van der Waals surface area contributed by atoms with E-state index in [2.05, 4.69) is 57.7 Å². The lowest BCUT2D eigenvalue weighted by Crippen LogP contribution is -2.49. The number of benzene rings is 1. The number of hydrogen-bond acceptors (Lipinski definition) is 8. The molecule has 1 aromatic carbocycles. The van der Waals surface area contributed by atoms with Gasteiger partial charge in [0, 0.05) is 49.8 Å². The monoisotopic (exact) mass is 458 g/mol. The molecule has 164 valence electrons. The van der Waals surface area contributed by atoms with Crippen LogP contribution in [0, 0.1) is 0 Å². The second kappa shape index (κ2) is 8.88. The number of fused-ring (bicyclic) bond motifs is 1. The molecule has 31 heavy (non-hydrogen) atoms. The van der Waals surface area contributed by atoms with E-state index in [1.807, 2.05) is 17.0 Å². The molecule has 2 aromatic heterocycles. The molecule has 3 aromatic rings. The molecule has 1 aliphatic rings. The first-order valence-electron chi connectivity index (χ1n) is 10.3. The summed E-state index contributed by atoms with van der Waals surface area (Å²) in [5, 5.41) is 13.4. The number of carbonyl (C=O) groups excluding carboxylic acids is 2. The van der Waals surface area contributed by atoms with Crippen LogP contribution in [0.5, 0.6) is 0 Å². The van der Waals surface area contributed by atoms with Crippen LogP contribution in [0.15, 0.2) is 24.3 Å². The third kappa shape index (κ3) is 5.01. The van der Waals surface area contributed by atoms with Gasteiger partial charge in [-0.05, 0) is 23.7 Å². The fraction of sp³-hybridized carbons (Fsp3) is 0.476. The zero-order valence-corrected chi connectivity index (χ0v) is 19.6. The molecule has 2 amide bonds. The van der Waals surface area contributed by atoms with Crippen molar-refractivity contribution in [3.05, 3.63) is 29.3 Å². The number of rotatable bonds is 5. The Kier molecular flexibility index (Phi) is 6.19. The topological polar surface area (TPSA) is 91.3 Å². The minimum atomic E-state index is -0.211. The molecule has 0 unspecified atom stereocenters. The number of carbonyl (C=O) groups is 2. The van der Waals surface area contributed by atoms with Gasteiger partial charge < -0.3 is 15.1 Å². The number of piperazine rings is 1. The Morgan fingerprint density at radius 1 is 1.06 bits per heavy atom. The van der Waals surface area contributed by atoms with Crippen molar-refractivity contribution in [2.75, 3.05) is 36.4 Å². The normalized spacial score (nSPS) is 14.8. The van der Waals surface area contributed by atoms with Crippen molar-refractivity contribution in [1.82, 2.24) is 19.5 Å². The second-order valence-corrected chi connectivity index (χ2v) is 10.4. The van der Waals surface area contributed by atoms with Gasteiger partial charge in [-0.25, -0.2) is 0 Å². The van der Waals surface area contributed by atoms with E-state index in [1.54, 1.807) is 0 Å². The minimum absolute atomic E-state index is 0.00517. The molecule has 1 N–H and O–H groups in total. The number of nitrogens with zero attached hydrogens (tertiary/aromatic N) is 5. The molecule has 1 aliphatic heterocycles. The molecule has 4 rings (SSSR count). The average molecular weight is 459 g/mol. The average Bonchev–Trinajstić information content (AvgIpc) is 3.39. The first kappa shape index (κ1) is 21.6. The molecule has 10 heteroatoms. The van der Waals surface area contributed by atoms with Gasteiger partial charge in [-0.15, -0.1) is 10.2 Å². The Labute approximate surface area is 189 Å². The van der Waals surface area contributed by atoms with Gasteiger partial charge >= 0.3 is 0 Å². The number of aromatic nitrogens is 3. The maximum atomic E-state index is 12.6. The molecule has 1 fully saturated rings. The van der Waals surface area contributed by atoms with E-state index in [4.69, 9.17) is 0 Å². The van der Waals surface area contributed by atoms with E-state index >= 15 is 0 Å². The quantitative estimate of drug-likeness (QED) is 0.629. The van der Waals surface area contributed by atoms with E-state index in [1.165, 1.54) is 27.6 Å². The molecule has 8 nitrogen and oxygen atoms in total. The standard InChI is InChI=1S/C21H26N6O2S2/c1-21(2,3)19-23-24-20(30-19)22-16(28)8-9-17(29)26-10-12-27(13-11-26)18-14-6-4-5-7-15(14)31-25-18/h4-7H,8-13H2,1-3H3,(H,22,24,28). The lowest BCUT2D eigenvalue weighted by Gasteiger charge is -2.35. The van der Waals surface area contributed by atoms with Crippen LogP contribution >= 0.6 is 22.9 Å². The Balaban J connectivity index is 1.24. The third-order valence-corrected chi connectivity index (χ3v) is 7.25. The van der Waals surface area contributed by atoms with Gasteiger partial charge in [0.1, 0.15) is 10.8 Å². The smallest absolute Gasteiger partial charge is 0.226 e. The first-order valence-corrected chi connectivity index (χ1v) is 11.9. The van der Waals surface area contributed by atoms with Gasteiger partial charge in [0.25, 0.3) is 0 Å². The van der Waals surface area contributed by atoms with Crippen LogP contribution in [0.1, 0.15) is 38.6 Å². The predicted octanol–water partition coefficient (Wildman–Crippen LogP) is 3.51. The van der Waals surface area contributed by atoms with Gasteiger partial charge in [-0.2, -0.15) is 4.37 Å². The molecule has 0 saturated carbocycles. The third-order valence-electron chi connectivity index (χ3n) is 5.17. The molecular formula is C21H26N6O2S2. The summed E-state index contributed by atoms with van der Waals surface area (Å²) in [6.45, 7) is 8.91. The van der Waals surface area contributed by atoms with E-state index in [9.17, 15) is 9.59 Å². The van der Waals surface area contributed by atoms with Crippen LogP contribution < -0.4 is 10.2 Å². The number of nitrogens with one attached hydrogen (secondary N) is 1. The van der Waals surface area contributed by atoms with Gasteiger partial charge in [-0.3, -0.25) is 9.59 Å². The van der Waals surface area contributed by atoms with Gasteiger partial charge in [-0.1, -0.05) is 44.2 Å². The first-order chi connectivity index (χ1) is 14.8. The van der Waals surface area contributed by atoms with Crippen LogP contribution in [0.3, 0.4) is 0 Å². The summed E-state index contributed by atoms with van der Waals surface area (Å²) >= 11 is 2.87. The Morgan fingerprint density at radius 3 is 2.52 bits per heavy atom. The zero-order chi connectivity index (χ0) is 22.0. The lowest BCUT2D eigenvalue weighted by molar-refractivity contribution is -0.133. The van der Waals surface area contributed by atoms with Gasteiger partial charge in [0.15, 0.2) is 0 Å². The number of anilines is 2. The highest BCUT2D eigenvalue weighted by Gasteiger charge is 2.24. The van der Waals surface area contributed by atoms with Crippen molar-refractivity contribution in [3.63, 3.8) is 0 Å². The zero-order valence-electron chi connectivity index (χ0n) is 17.9. The van der Waals surface area contributed by atoms with Crippen LogP contribution in [0.4, 0.5) is 10.9 Å². The fourth-order valence-electron chi connectivity index (χ4n) is 3.41. The largest absolute Gasteiger partial charge is 0.352 e. The molecule has 0 atom stereocenters. The van der Waals surface area contributed by atoms with Crippen LogP contribution in [-0.2, 0) is 15.0 Å². The van der Waals surface area contributed by atoms with E-state index < -0.39 is 0 Å². The van der Waals surface area contributed by atoms with Crippen LogP contribution in [0.2, 0.25) is 0 Å². The maximum absolute atomic E-state index is 12.6. The second-order valence-electron chi connectivity index (χ2n) is 8.58. The fourth-order valence-corrected chi connectivity index (χ4v) is 5.02. The summed E-state index contributed by atoms with van der Waals surface area (Å²) in [5.74, 6) is 0.793. The summed E-state index contributed by atoms with van der Waals surface area (Å²) in [5.41, 5.74) is -0.108.